The van der Waals surface area contributed by atoms with Crippen molar-refractivity contribution in [1.29, 1.82) is 0 Å². The molecule has 1 aliphatic rings. The number of carbonyl (C=O) groups is 3. The van der Waals surface area contributed by atoms with Crippen molar-refractivity contribution in [3.63, 3.8) is 0 Å². The van der Waals surface area contributed by atoms with Crippen molar-refractivity contribution < 1.29 is 24.2 Å². The van der Waals surface area contributed by atoms with Gasteiger partial charge in [-0.25, -0.2) is 4.79 Å². The van der Waals surface area contributed by atoms with Crippen LogP contribution in [0, 0.1) is 5.92 Å². The van der Waals surface area contributed by atoms with E-state index in [9.17, 15) is 14.4 Å². The Morgan fingerprint density at radius 2 is 2.11 bits per heavy atom. The van der Waals surface area contributed by atoms with Crippen molar-refractivity contribution in [2.45, 2.75) is 32.3 Å². The highest BCUT2D eigenvalue weighted by Gasteiger charge is 2.27. The van der Waals surface area contributed by atoms with E-state index in [1.165, 1.54) is 4.90 Å². The maximum Gasteiger partial charge on any atom is 0.324 e. The molecule has 19 heavy (non-hydrogen) atoms. The van der Waals surface area contributed by atoms with E-state index in [1.54, 1.807) is 14.0 Å². The molecule has 0 bridgehead atoms. The zero-order chi connectivity index (χ0) is 14.4. The SMILES string of the molecule is COC1CCN(C(=O)NC(=O)CC(C)CC(=O)O)C1. The number of amides is 3. The summed E-state index contributed by atoms with van der Waals surface area (Å²) in [6.45, 7) is 2.69. The van der Waals surface area contributed by atoms with Gasteiger partial charge in [-0.2, -0.15) is 0 Å². The largest absolute Gasteiger partial charge is 0.481 e. The minimum atomic E-state index is -0.950. The Bertz CT molecular complexity index is 358. The van der Waals surface area contributed by atoms with Crippen molar-refractivity contribution in [2.24, 2.45) is 5.92 Å². The first-order valence-electron chi connectivity index (χ1n) is 6.25. The summed E-state index contributed by atoms with van der Waals surface area (Å²) in [7, 11) is 1.59. The molecule has 0 aromatic heterocycles. The van der Waals surface area contributed by atoms with E-state index >= 15 is 0 Å². The number of rotatable bonds is 5. The van der Waals surface area contributed by atoms with E-state index in [1.807, 2.05) is 0 Å². The van der Waals surface area contributed by atoms with Gasteiger partial charge in [0, 0.05) is 33.0 Å². The van der Waals surface area contributed by atoms with Gasteiger partial charge < -0.3 is 14.7 Å². The molecule has 0 aromatic rings. The van der Waals surface area contributed by atoms with Gasteiger partial charge in [-0.05, 0) is 12.3 Å². The molecule has 0 aromatic carbocycles. The highest BCUT2D eigenvalue weighted by molar-refractivity contribution is 5.94. The third-order valence-corrected chi connectivity index (χ3v) is 3.07. The third-order valence-electron chi connectivity index (χ3n) is 3.07. The average molecular weight is 272 g/mol. The molecule has 2 unspecified atom stereocenters. The summed E-state index contributed by atoms with van der Waals surface area (Å²) in [5.74, 6) is -1.69. The number of nitrogens with zero attached hydrogens (tertiary/aromatic N) is 1. The molecule has 0 radical (unpaired) electrons. The Labute approximate surface area is 111 Å². The normalized spacial score (nSPS) is 20.1. The number of urea groups is 1. The van der Waals surface area contributed by atoms with Gasteiger partial charge in [0.25, 0.3) is 0 Å². The number of nitrogens with one attached hydrogen (secondary N) is 1. The molecular weight excluding hydrogens is 252 g/mol. The van der Waals surface area contributed by atoms with Gasteiger partial charge >= 0.3 is 12.0 Å². The lowest BCUT2D eigenvalue weighted by molar-refractivity contribution is -0.138. The average Bonchev–Trinajstić information content (AvgIpc) is 2.75. The number of carboxylic acids is 1. The molecule has 0 aliphatic carbocycles. The lowest BCUT2D eigenvalue weighted by atomic mass is 10.0. The van der Waals surface area contributed by atoms with Crippen LogP contribution in [0.4, 0.5) is 4.79 Å². The number of hydrogen-bond donors (Lipinski definition) is 2. The highest BCUT2D eigenvalue weighted by Crippen LogP contribution is 2.12. The van der Waals surface area contributed by atoms with Crippen LogP contribution in [0.5, 0.6) is 0 Å². The Hall–Kier alpha value is -1.63. The van der Waals surface area contributed by atoms with Crippen LogP contribution < -0.4 is 5.32 Å². The van der Waals surface area contributed by atoms with Crippen LogP contribution in [0.15, 0.2) is 0 Å². The lowest BCUT2D eigenvalue weighted by Gasteiger charge is -2.17. The van der Waals surface area contributed by atoms with Crippen LogP contribution in [0.3, 0.4) is 0 Å². The van der Waals surface area contributed by atoms with Gasteiger partial charge in [-0.3, -0.25) is 14.9 Å². The first kappa shape index (κ1) is 15.4. The lowest BCUT2D eigenvalue weighted by Crippen LogP contribution is -2.42. The van der Waals surface area contributed by atoms with Crippen LogP contribution in [-0.2, 0) is 14.3 Å². The van der Waals surface area contributed by atoms with Crippen molar-refractivity contribution in [1.82, 2.24) is 10.2 Å². The van der Waals surface area contributed by atoms with E-state index in [0.717, 1.165) is 6.42 Å². The molecule has 1 aliphatic heterocycles. The van der Waals surface area contributed by atoms with Crippen molar-refractivity contribution in [3.8, 4) is 0 Å². The Morgan fingerprint density at radius 1 is 1.42 bits per heavy atom. The molecule has 1 heterocycles. The fourth-order valence-corrected chi connectivity index (χ4v) is 2.04. The third kappa shape index (κ3) is 5.25. The minimum absolute atomic E-state index is 0.0202. The van der Waals surface area contributed by atoms with E-state index in [-0.39, 0.29) is 24.9 Å². The summed E-state index contributed by atoms with van der Waals surface area (Å²) < 4.78 is 5.13. The Morgan fingerprint density at radius 3 is 2.63 bits per heavy atom. The zero-order valence-corrected chi connectivity index (χ0v) is 11.2. The molecule has 1 saturated heterocycles. The number of carbonyl (C=O) groups excluding carboxylic acids is 2. The number of carboxylic acid groups (broad SMARTS) is 1. The van der Waals surface area contributed by atoms with Crippen LogP contribution >= 0.6 is 0 Å². The molecule has 7 nitrogen and oxygen atoms in total. The second-order valence-corrected chi connectivity index (χ2v) is 4.85. The van der Waals surface area contributed by atoms with Crippen LogP contribution in [0.2, 0.25) is 0 Å². The Balaban J connectivity index is 2.32. The topological polar surface area (TPSA) is 95.9 Å². The summed E-state index contributed by atoms with van der Waals surface area (Å²) in [5, 5.41) is 10.9. The molecular formula is C12H20N2O5. The minimum Gasteiger partial charge on any atom is -0.481 e. The van der Waals surface area contributed by atoms with E-state index in [0.29, 0.717) is 13.1 Å². The molecule has 0 saturated carbocycles. The second kappa shape index (κ2) is 7.08. The smallest absolute Gasteiger partial charge is 0.324 e. The number of hydrogen-bond acceptors (Lipinski definition) is 4. The number of methoxy groups -OCH3 is 1. The van der Waals surface area contributed by atoms with E-state index in [2.05, 4.69) is 5.32 Å². The molecule has 1 fully saturated rings. The number of ether oxygens (including phenoxy) is 1. The predicted octanol–water partition coefficient (Wildman–Crippen LogP) is 0.444. The fourth-order valence-electron chi connectivity index (χ4n) is 2.04. The van der Waals surface area contributed by atoms with Crippen LogP contribution in [0.25, 0.3) is 0 Å². The molecule has 2 atom stereocenters. The van der Waals surface area contributed by atoms with E-state index in [4.69, 9.17) is 9.84 Å². The van der Waals surface area contributed by atoms with Crippen LogP contribution in [-0.4, -0.2) is 54.2 Å². The maximum atomic E-state index is 11.7. The van der Waals surface area contributed by atoms with Gasteiger partial charge in [0.2, 0.25) is 5.91 Å². The number of likely N-dealkylation sites (tertiary alicyclic amines) is 1. The molecule has 0 spiro atoms. The molecule has 1 rings (SSSR count). The number of imide groups is 1. The first-order chi connectivity index (χ1) is 8.92. The van der Waals surface area contributed by atoms with E-state index < -0.39 is 17.9 Å². The van der Waals surface area contributed by atoms with Gasteiger partial charge in [-0.15, -0.1) is 0 Å². The van der Waals surface area contributed by atoms with Crippen molar-refractivity contribution >= 4 is 17.9 Å². The molecule has 108 valence electrons. The standard InChI is InChI=1S/C12H20N2O5/c1-8(6-11(16)17)5-10(15)13-12(18)14-4-3-9(7-14)19-2/h8-9H,3-7H2,1-2H3,(H,16,17)(H,13,15,18). The quantitative estimate of drug-likeness (QED) is 0.757. The maximum absolute atomic E-state index is 11.7. The Kier molecular flexibility index (Phi) is 5.75. The summed E-state index contributed by atoms with van der Waals surface area (Å²) in [5.41, 5.74) is 0. The number of aliphatic carboxylic acids is 1. The molecule has 2 N–H and O–H groups in total. The van der Waals surface area contributed by atoms with Crippen molar-refractivity contribution in [2.75, 3.05) is 20.2 Å². The highest BCUT2D eigenvalue weighted by atomic mass is 16.5. The van der Waals surface area contributed by atoms with Gasteiger partial charge in [0.05, 0.1) is 6.10 Å². The predicted molar refractivity (Wildman–Crippen MR) is 66.6 cm³/mol. The van der Waals surface area contributed by atoms with Crippen molar-refractivity contribution in [3.05, 3.63) is 0 Å². The summed E-state index contributed by atoms with van der Waals surface area (Å²) in [6, 6.07) is -0.438. The monoisotopic (exact) mass is 272 g/mol. The summed E-state index contributed by atoms with van der Waals surface area (Å²) in [4.78, 5) is 35.3. The van der Waals surface area contributed by atoms with Gasteiger partial charge in [0.1, 0.15) is 0 Å². The summed E-state index contributed by atoms with van der Waals surface area (Å²) in [6.07, 6.45) is 0.719. The van der Waals surface area contributed by atoms with Gasteiger partial charge in [-0.1, -0.05) is 6.92 Å². The van der Waals surface area contributed by atoms with Gasteiger partial charge in [0.15, 0.2) is 0 Å². The molecule has 3 amide bonds. The van der Waals surface area contributed by atoms with Crippen LogP contribution in [0.1, 0.15) is 26.2 Å². The molecule has 7 heteroatoms. The fraction of sp³-hybridized carbons (Fsp3) is 0.750. The summed E-state index contributed by atoms with van der Waals surface area (Å²) >= 11 is 0. The second-order valence-electron chi connectivity index (χ2n) is 4.85. The zero-order valence-electron chi connectivity index (χ0n) is 11.2. The first-order valence-corrected chi connectivity index (χ1v) is 6.25.